The Bertz CT molecular complexity index is 1070. The van der Waals surface area contributed by atoms with Crippen molar-refractivity contribution in [3.63, 3.8) is 0 Å². The molecule has 0 aliphatic carbocycles. The van der Waals surface area contributed by atoms with Crippen molar-refractivity contribution in [1.82, 2.24) is 9.55 Å². The number of aryl methyl sites for hydroxylation is 3. The first-order valence-electron chi connectivity index (χ1n) is 8.80. The molecular weight excluding hydrogens is 376 g/mol. The van der Waals surface area contributed by atoms with Gasteiger partial charge in [0.15, 0.2) is 0 Å². The summed E-state index contributed by atoms with van der Waals surface area (Å²) < 4.78 is 1.31. The number of carbonyl (C=O) groups excluding carboxylic acids is 1. The van der Waals surface area contributed by atoms with Crippen LogP contribution in [-0.2, 0) is 11.3 Å². The number of halogens is 1. The van der Waals surface area contributed by atoms with E-state index >= 15 is 0 Å². The fourth-order valence-electron chi connectivity index (χ4n) is 2.69. The van der Waals surface area contributed by atoms with Crippen molar-refractivity contribution < 1.29 is 4.79 Å². The standard InChI is InChI=1S/C21H21ClN4O2/c1-13-4-7-18(10-14(13)2)25-21-23-15(3)11-20(28)26(21)12-19(27)24-17-8-5-16(22)6-9-17/h4-11H,12H2,1-3H3,(H,23,25)(H,24,27). The van der Waals surface area contributed by atoms with E-state index in [9.17, 15) is 9.59 Å². The van der Waals surface area contributed by atoms with Crippen LogP contribution in [-0.4, -0.2) is 15.5 Å². The first kappa shape index (κ1) is 19.6. The lowest BCUT2D eigenvalue weighted by atomic mass is 10.1. The smallest absolute Gasteiger partial charge is 0.255 e. The average Bonchev–Trinajstić information content (AvgIpc) is 2.63. The Balaban J connectivity index is 1.85. The quantitative estimate of drug-likeness (QED) is 0.677. The molecule has 1 heterocycles. The minimum Gasteiger partial charge on any atom is -0.326 e. The average molecular weight is 397 g/mol. The summed E-state index contributed by atoms with van der Waals surface area (Å²) in [4.78, 5) is 29.3. The highest BCUT2D eigenvalue weighted by molar-refractivity contribution is 6.30. The van der Waals surface area contributed by atoms with Crippen molar-refractivity contribution in [2.75, 3.05) is 10.6 Å². The van der Waals surface area contributed by atoms with Gasteiger partial charge in [-0.3, -0.25) is 14.2 Å². The van der Waals surface area contributed by atoms with Gasteiger partial charge in [0.25, 0.3) is 5.56 Å². The van der Waals surface area contributed by atoms with Crippen molar-refractivity contribution in [3.05, 3.63) is 80.7 Å². The predicted molar refractivity (Wildman–Crippen MR) is 113 cm³/mol. The highest BCUT2D eigenvalue weighted by Gasteiger charge is 2.12. The van der Waals surface area contributed by atoms with Crippen molar-refractivity contribution >= 4 is 34.8 Å². The summed E-state index contributed by atoms with van der Waals surface area (Å²) in [5.41, 5.74) is 3.96. The number of hydrogen-bond acceptors (Lipinski definition) is 4. The van der Waals surface area contributed by atoms with Crippen LogP contribution < -0.4 is 16.2 Å². The zero-order valence-corrected chi connectivity index (χ0v) is 16.7. The normalized spacial score (nSPS) is 10.6. The first-order valence-corrected chi connectivity index (χ1v) is 9.18. The molecule has 144 valence electrons. The van der Waals surface area contributed by atoms with E-state index in [1.807, 2.05) is 32.0 Å². The molecule has 28 heavy (non-hydrogen) atoms. The third kappa shape index (κ3) is 4.78. The van der Waals surface area contributed by atoms with E-state index in [1.54, 1.807) is 31.2 Å². The number of benzene rings is 2. The maximum absolute atomic E-state index is 12.5. The fraction of sp³-hybridized carbons (Fsp3) is 0.190. The minimum atomic E-state index is -0.335. The van der Waals surface area contributed by atoms with Gasteiger partial charge in [-0.15, -0.1) is 0 Å². The number of anilines is 3. The van der Waals surface area contributed by atoms with Crippen molar-refractivity contribution in [2.45, 2.75) is 27.3 Å². The zero-order valence-electron chi connectivity index (χ0n) is 15.9. The molecule has 0 fully saturated rings. The Morgan fingerprint density at radius 3 is 2.36 bits per heavy atom. The predicted octanol–water partition coefficient (Wildman–Crippen LogP) is 4.20. The van der Waals surface area contributed by atoms with E-state index < -0.39 is 0 Å². The molecule has 3 rings (SSSR count). The van der Waals surface area contributed by atoms with Crippen LogP contribution in [0.3, 0.4) is 0 Å². The molecule has 0 radical (unpaired) electrons. The lowest BCUT2D eigenvalue weighted by molar-refractivity contribution is -0.116. The molecule has 3 aromatic rings. The summed E-state index contributed by atoms with van der Waals surface area (Å²) in [5.74, 6) is -0.0160. The Morgan fingerprint density at radius 1 is 1.00 bits per heavy atom. The lowest BCUT2D eigenvalue weighted by Gasteiger charge is -2.15. The number of rotatable bonds is 5. The van der Waals surface area contributed by atoms with Crippen LogP contribution in [0.1, 0.15) is 16.8 Å². The Morgan fingerprint density at radius 2 is 1.68 bits per heavy atom. The van der Waals surface area contributed by atoms with E-state index in [1.165, 1.54) is 16.2 Å². The maximum Gasteiger partial charge on any atom is 0.255 e. The summed E-state index contributed by atoms with van der Waals surface area (Å²) >= 11 is 5.86. The van der Waals surface area contributed by atoms with Gasteiger partial charge >= 0.3 is 0 Å². The number of amides is 1. The molecule has 0 saturated carbocycles. The highest BCUT2D eigenvalue weighted by Crippen LogP contribution is 2.18. The van der Waals surface area contributed by atoms with Crippen LogP contribution >= 0.6 is 11.6 Å². The number of aromatic nitrogens is 2. The second-order valence-corrected chi connectivity index (χ2v) is 7.06. The summed E-state index contributed by atoms with van der Waals surface area (Å²) in [5, 5.41) is 6.49. The summed E-state index contributed by atoms with van der Waals surface area (Å²) in [7, 11) is 0. The molecule has 0 atom stereocenters. The zero-order chi connectivity index (χ0) is 20.3. The third-order valence-electron chi connectivity index (χ3n) is 4.33. The largest absolute Gasteiger partial charge is 0.326 e. The van der Waals surface area contributed by atoms with Crippen LogP contribution in [0, 0.1) is 20.8 Å². The topological polar surface area (TPSA) is 76.0 Å². The van der Waals surface area contributed by atoms with Crippen LogP contribution in [0.2, 0.25) is 5.02 Å². The van der Waals surface area contributed by atoms with Gasteiger partial charge < -0.3 is 10.6 Å². The van der Waals surface area contributed by atoms with Gasteiger partial charge in [-0.2, -0.15) is 0 Å². The van der Waals surface area contributed by atoms with E-state index in [2.05, 4.69) is 15.6 Å². The third-order valence-corrected chi connectivity index (χ3v) is 4.58. The van der Waals surface area contributed by atoms with Crippen LogP contribution in [0.15, 0.2) is 53.3 Å². The van der Waals surface area contributed by atoms with Crippen molar-refractivity contribution in [2.24, 2.45) is 0 Å². The van der Waals surface area contributed by atoms with Crippen molar-refractivity contribution in [1.29, 1.82) is 0 Å². The molecule has 0 bridgehead atoms. The molecule has 0 aliphatic rings. The van der Waals surface area contributed by atoms with Gasteiger partial charge in [-0.25, -0.2) is 4.98 Å². The SMILES string of the molecule is Cc1cc(=O)n(CC(=O)Nc2ccc(Cl)cc2)c(Nc2ccc(C)c(C)c2)n1. The summed E-state index contributed by atoms with van der Waals surface area (Å²) in [6.45, 7) is 5.62. The molecule has 6 nitrogen and oxygen atoms in total. The number of carbonyl (C=O) groups is 1. The second-order valence-electron chi connectivity index (χ2n) is 6.62. The Hall–Kier alpha value is -3.12. The lowest BCUT2D eigenvalue weighted by Crippen LogP contribution is -2.30. The highest BCUT2D eigenvalue weighted by atomic mass is 35.5. The van der Waals surface area contributed by atoms with Crippen LogP contribution in [0.5, 0.6) is 0 Å². The monoisotopic (exact) mass is 396 g/mol. The van der Waals surface area contributed by atoms with Crippen molar-refractivity contribution in [3.8, 4) is 0 Å². The van der Waals surface area contributed by atoms with Gasteiger partial charge in [0.1, 0.15) is 6.54 Å². The maximum atomic E-state index is 12.5. The fourth-order valence-corrected chi connectivity index (χ4v) is 2.82. The summed E-state index contributed by atoms with van der Waals surface area (Å²) in [6.07, 6.45) is 0. The van der Waals surface area contributed by atoms with E-state index in [0.717, 1.165) is 11.3 Å². The van der Waals surface area contributed by atoms with E-state index in [0.29, 0.717) is 22.4 Å². The van der Waals surface area contributed by atoms with Gasteiger partial charge in [0.2, 0.25) is 11.9 Å². The molecule has 0 unspecified atom stereocenters. The first-order chi connectivity index (χ1) is 13.3. The number of nitrogens with one attached hydrogen (secondary N) is 2. The Kier molecular flexibility index (Phi) is 5.80. The molecule has 1 aromatic heterocycles. The van der Waals surface area contributed by atoms with Gasteiger partial charge in [-0.05, 0) is 68.3 Å². The van der Waals surface area contributed by atoms with E-state index in [4.69, 9.17) is 11.6 Å². The second kappa shape index (κ2) is 8.27. The van der Waals surface area contributed by atoms with Gasteiger partial charge in [0.05, 0.1) is 0 Å². The molecular formula is C21H21ClN4O2. The minimum absolute atomic E-state index is 0.165. The van der Waals surface area contributed by atoms with Crippen LogP contribution in [0.4, 0.5) is 17.3 Å². The molecule has 2 aromatic carbocycles. The molecule has 0 aliphatic heterocycles. The molecule has 0 saturated heterocycles. The number of nitrogens with zero attached hydrogens (tertiary/aromatic N) is 2. The molecule has 2 N–H and O–H groups in total. The van der Waals surface area contributed by atoms with Gasteiger partial charge in [-0.1, -0.05) is 17.7 Å². The summed E-state index contributed by atoms with van der Waals surface area (Å²) in [6, 6.07) is 14.0. The molecule has 1 amide bonds. The van der Waals surface area contributed by atoms with Gasteiger partial charge in [0, 0.05) is 28.2 Å². The van der Waals surface area contributed by atoms with E-state index in [-0.39, 0.29) is 18.0 Å². The Labute approximate surface area is 168 Å². The molecule has 0 spiro atoms. The number of hydrogen-bond donors (Lipinski definition) is 2. The molecule has 7 heteroatoms. The van der Waals surface area contributed by atoms with Crippen LogP contribution in [0.25, 0.3) is 0 Å².